The maximum atomic E-state index is 13.0. The van der Waals surface area contributed by atoms with Crippen LogP contribution in [0.5, 0.6) is 0 Å². The van der Waals surface area contributed by atoms with Crippen molar-refractivity contribution in [1.29, 1.82) is 0 Å². The van der Waals surface area contributed by atoms with Gasteiger partial charge in [0.2, 0.25) is 0 Å². The fraction of sp³-hybridized carbons (Fsp3) is 0.167. The minimum absolute atomic E-state index is 0.0751. The fourth-order valence-corrected chi connectivity index (χ4v) is 4.14. The van der Waals surface area contributed by atoms with Crippen LogP contribution in [0.4, 0.5) is 5.69 Å². The Morgan fingerprint density at radius 2 is 1.77 bits per heavy atom. The van der Waals surface area contributed by atoms with E-state index in [1.54, 1.807) is 12.1 Å². The van der Waals surface area contributed by atoms with Gasteiger partial charge < -0.3 is 0 Å². The summed E-state index contributed by atoms with van der Waals surface area (Å²) in [6, 6.07) is 10.3. The summed E-state index contributed by atoms with van der Waals surface area (Å²) in [4.78, 5) is 21.8. The van der Waals surface area contributed by atoms with Crippen LogP contribution in [0.3, 0.4) is 0 Å². The number of carbonyl (C=O) groups is 1. The molecule has 26 heavy (non-hydrogen) atoms. The molecule has 0 atom stereocenters. The van der Waals surface area contributed by atoms with Crippen molar-refractivity contribution < 1.29 is 18.1 Å². The van der Waals surface area contributed by atoms with Gasteiger partial charge in [0.05, 0.1) is 15.3 Å². The molecule has 0 bridgehead atoms. The highest BCUT2D eigenvalue weighted by Crippen LogP contribution is 2.29. The van der Waals surface area contributed by atoms with Gasteiger partial charge in [-0.15, -0.1) is 0 Å². The molecule has 0 amide bonds. The molecule has 0 aliphatic rings. The monoisotopic (exact) mass is 372 g/mol. The summed E-state index contributed by atoms with van der Waals surface area (Å²) in [5, 5.41) is 11.2. The van der Waals surface area contributed by atoms with Gasteiger partial charge in [0.1, 0.15) is 0 Å². The zero-order valence-corrected chi connectivity index (χ0v) is 14.9. The fourth-order valence-electron chi connectivity index (χ4n) is 2.76. The molecule has 0 radical (unpaired) electrons. The number of non-ortho nitro benzene ring substituents is 1. The predicted octanol–water partition coefficient (Wildman–Crippen LogP) is 3.72. The molecule has 0 saturated carbocycles. The summed E-state index contributed by atoms with van der Waals surface area (Å²) in [5.41, 5.74) is 1.08. The van der Waals surface area contributed by atoms with Gasteiger partial charge in [0, 0.05) is 29.3 Å². The van der Waals surface area contributed by atoms with E-state index in [0.717, 1.165) is 9.54 Å². The molecule has 1 heterocycles. The van der Waals surface area contributed by atoms with Gasteiger partial charge in [-0.1, -0.05) is 26.0 Å². The van der Waals surface area contributed by atoms with Crippen molar-refractivity contribution in [3.8, 4) is 0 Å². The van der Waals surface area contributed by atoms with Gasteiger partial charge in [-0.05, 0) is 29.7 Å². The van der Waals surface area contributed by atoms with Crippen molar-refractivity contribution in [2.24, 2.45) is 0 Å². The summed E-state index contributed by atoms with van der Waals surface area (Å²) in [7, 11) is -3.94. The Labute approximate surface area is 150 Å². The second-order valence-electron chi connectivity index (χ2n) is 6.19. The molecular weight excluding hydrogens is 356 g/mol. The number of aromatic nitrogens is 1. The topological polar surface area (TPSA) is 99.3 Å². The van der Waals surface area contributed by atoms with Gasteiger partial charge in [-0.25, -0.2) is 12.4 Å². The molecule has 3 aromatic rings. The Hall–Kier alpha value is -3.00. The lowest BCUT2D eigenvalue weighted by molar-refractivity contribution is -0.384. The summed E-state index contributed by atoms with van der Waals surface area (Å²) in [5.74, 6) is 0.265. The third-order valence-corrected chi connectivity index (χ3v) is 5.91. The number of hydrogen-bond donors (Lipinski definition) is 0. The van der Waals surface area contributed by atoms with Crippen molar-refractivity contribution in [1.82, 2.24) is 3.97 Å². The molecule has 0 spiro atoms. The minimum Gasteiger partial charge on any atom is -0.298 e. The molecule has 1 aromatic heterocycles. The Morgan fingerprint density at radius 3 is 2.31 bits per heavy atom. The maximum Gasteiger partial charge on any atom is 0.270 e. The lowest BCUT2D eigenvalue weighted by Gasteiger charge is -2.10. The number of nitro groups is 1. The number of nitrogens with zero attached hydrogens (tertiary/aromatic N) is 2. The first-order valence-corrected chi connectivity index (χ1v) is 9.30. The van der Waals surface area contributed by atoms with E-state index >= 15 is 0 Å². The van der Waals surface area contributed by atoms with Gasteiger partial charge in [0.15, 0.2) is 6.29 Å². The van der Waals surface area contributed by atoms with Gasteiger partial charge in [-0.3, -0.25) is 14.9 Å². The van der Waals surface area contributed by atoms with Crippen molar-refractivity contribution >= 4 is 32.9 Å². The molecule has 7 nitrogen and oxygen atoms in total. The average Bonchev–Trinajstić information content (AvgIpc) is 3.00. The van der Waals surface area contributed by atoms with Crippen molar-refractivity contribution in [3.05, 3.63) is 69.9 Å². The highest BCUT2D eigenvalue weighted by molar-refractivity contribution is 7.90. The Bertz CT molecular complexity index is 1110. The quantitative estimate of drug-likeness (QED) is 0.386. The lowest BCUT2D eigenvalue weighted by Crippen LogP contribution is -2.12. The van der Waals surface area contributed by atoms with Crippen LogP contribution in [0, 0.1) is 10.1 Å². The van der Waals surface area contributed by atoms with Crippen LogP contribution in [-0.2, 0) is 10.0 Å². The standard InChI is InChI=1S/C18H16N2O5S/c1-12(2)13-3-6-16(7-4-13)26(24,25)19-10-14(11-21)17-9-15(20(22)23)5-8-18(17)19/h3-12H,1-2H3. The second-order valence-corrected chi connectivity index (χ2v) is 8.00. The number of hydrogen-bond acceptors (Lipinski definition) is 5. The van der Waals surface area contributed by atoms with E-state index in [1.165, 1.54) is 36.5 Å². The number of nitro benzene ring substituents is 1. The molecule has 2 aromatic carbocycles. The van der Waals surface area contributed by atoms with Gasteiger partial charge >= 0.3 is 0 Å². The molecule has 0 unspecified atom stereocenters. The third kappa shape index (κ3) is 2.88. The normalized spacial score (nSPS) is 11.8. The molecule has 134 valence electrons. The summed E-state index contributed by atoms with van der Waals surface area (Å²) in [6.07, 6.45) is 1.67. The van der Waals surface area contributed by atoms with E-state index in [9.17, 15) is 23.3 Å². The highest BCUT2D eigenvalue weighted by Gasteiger charge is 2.22. The SMILES string of the molecule is CC(C)c1ccc(S(=O)(=O)n2cc(C=O)c3cc([N+](=O)[O-])ccc32)cc1. The minimum atomic E-state index is -3.94. The molecule has 0 aliphatic carbocycles. The number of fused-ring (bicyclic) bond motifs is 1. The van der Waals surface area contributed by atoms with Crippen LogP contribution in [0.15, 0.2) is 53.6 Å². The Balaban J connectivity index is 2.20. The molecule has 3 rings (SSSR count). The smallest absolute Gasteiger partial charge is 0.270 e. The van der Waals surface area contributed by atoms with E-state index in [0.29, 0.717) is 6.29 Å². The first kappa shape index (κ1) is 17.8. The first-order valence-electron chi connectivity index (χ1n) is 7.86. The van der Waals surface area contributed by atoms with E-state index in [4.69, 9.17) is 0 Å². The summed E-state index contributed by atoms with van der Waals surface area (Å²) >= 11 is 0. The molecule has 0 saturated heterocycles. The predicted molar refractivity (Wildman–Crippen MR) is 97.1 cm³/mol. The molecule has 0 aliphatic heterocycles. The maximum absolute atomic E-state index is 13.0. The number of benzene rings is 2. The van der Waals surface area contributed by atoms with E-state index in [2.05, 4.69) is 0 Å². The van der Waals surface area contributed by atoms with E-state index < -0.39 is 14.9 Å². The molecule has 8 heteroatoms. The second kappa shape index (κ2) is 6.38. The van der Waals surface area contributed by atoms with E-state index in [1.807, 2.05) is 13.8 Å². The Kier molecular flexibility index (Phi) is 4.37. The number of aldehydes is 1. The Morgan fingerprint density at radius 1 is 1.12 bits per heavy atom. The van der Waals surface area contributed by atoms with Crippen LogP contribution < -0.4 is 0 Å². The molecule has 0 fully saturated rings. The zero-order valence-electron chi connectivity index (χ0n) is 14.1. The van der Waals surface area contributed by atoms with Crippen LogP contribution in [-0.4, -0.2) is 23.6 Å². The van der Waals surface area contributed by atoms with E-state index in [-0.39, 0.29) is 33.0 Å². The highest BCUT2D eigenvalue weighted by atomic mass is 32.2. The molecule has 0 N–H and O–H groups in total. The number of carbonyl (C=O) groups excluding carboxylic acids is 1. The van der Waals surface area contributed by atoms with Crippen molar-refractivity contribution in [3.63, 3.8) is 0 Å². The number of rotatable bonds is 5. The van der Waals surface area contributed by atoms with Crippen molar-refractivity contribution in [2.75, 3.05) is 0 Å². The first-order chi connectivity index (χ1) is 12.3. The lowest BCUT2D eigenvalue weighted by atomic mass is 10.0. The van der Waals surface area contributed by atoms with Crippen molar-refractivity contribution in [2.45, 2.75) is 24.7 Å². The largest absolute Gasteiger partial charge is 0.298 e. The molecular formula is C18H16N2O5S. The third-order valence-electron chi connectivity index (χ3n) is 4.23. The average molecular weight is 372 g/mol. The zero-order chi connectivity index (χ0) is 19.1. The van der Waals surface area contributed by atoms with Gasteiger partial charge in [-0.2, -0.15) is 0 Å². The van der Waals surface area contributed by atoms with Crippen LogP contribution in [0.1, 0.15) is 35.7 Å². The van der Waals surface area contributed by atoms with Crippen LogP contribution >= 0.6 is 0 Å². The summed E-state index contributed by atoms with van der Waals surface area (Å²) in [6.45, 7) is 4.01. The van der Waals surface area contributed by atoms with Crippen LogP contribution in [0.2, 0.25) is 0 Å². The van der Waals surface area contributed by atoms with Crippen LogP contribution in [0.25, 0.3) is 10.9 Å². The summed E-state index contributed by atoms with van der Waals surface area (Å²) < 4.78 is 27.0. The van der Waals surface area contributed by atoms with Gasteiger partial charge in [0.25, 0.3) is 15.7 Å².